The fourth-order valence-corrected chi connectivity index (χ4v) is 1.29. The van der Waals surface area contributed by atoms with Gasteiger partial charge in [-0.25, -0.2) is 8.78 Å². The second kappa shape index (κ2) is 5.24. The molecule has 0 saturated carbocycles. The van der Waals surface area contributed by atoms with Gasteiger partial charge in [-0.1, -0.05) is 0 Å². The van der Waals surface area contributed by atoms with Gasteiger partial charge in [0.15, 0.2) is 0 Å². The average Bonchev–Trinajstić information content (AvgIpc) is 2.14. The van der Waals surface area contributed by atoms with Gasteiger partial charge >= 0.3 is 11.9 Å². The molecule has 0 atom stereocenters. The first kappa shape index (κ1) is 12.9. The third-order valence-corrected chi connectivity index (χ3v) is 1.90. The highest BCUT2D eigenvalue weighted by Crippen LogP contribution is 2.19. The molecule has 1 aromatic carbocycles. The summed E-state index contributed by atoms with van der Waals surface area (Å²) in [5.74, 6) is -4.45. The number of carbonyl (C=O) groups is 2. The van der Waals surface area contributed by atoms with Crippen molar-refractivity contribution in [3.05, 3.63) is 29.8 Å². The number of hydrogen-bond acceptors (Lipinski definition) is 3. The van der Waals surface area contributed by atoms with Crippen LogP contribution < -0.4 is 4.90 Å². The summed E-state index contributed by atoms with van der Waals surface area (Å²) in [6, 6.07) is 2.48. The largest absolute Gasteiger partial charge is 0.480 e. The molecule has 0 saturated heterocycles. The fraction of sp³-hybridized carbons (Fsp3) is 0.200. The Hall–Kier alpha value is -2.18. The zero-order valence-corrected chi connectivity index (χ0v) is 8.56. The van der Waals surface area contributed by atoms with Crippen LogP contribution in [0.3, 0.4) is 0 Å². The van der Waals surface area contributed by atoms with E-state index >= 15 is 0 Å². The quantitative estimate of drug-likeness (QED) is 0.807. The van der Waals surface area contributed by atoms with Crippen LogP contribution in [0, 0.1) is 11.6 Å². The monoisotopic (exact) mass is 245 g/mol. The van der Waals surface area contributed by atoms with Crippen LogP contribution in [0.1, 0.15) is 0 Å². The molecule has 92 valence electrons. The van der Waals surface area contributed by atoms with E-state index in [2.05, 4.69) is 0 Å². The van der Waals surface area contributed by atoms with Crippen molar-refractivity contribution < 1.29 is 28.6 Å². The molecule has 1 rings (SSSR count). The Morgan fingerprint density at radius 3 is 2.06 bits per heavy atom. The predicted molar refractivity (Wildman–Crippen MR) is 53.8 cm³/mol. The minimum absolute atomic E-state index is 0.267. The van der Waals surface area contributed by atoms with Crippen molar-refractivity contribution in [2.24, 2.45) is 0 Å². The lowest BCUT2D eigenvalue weighted by atomic mass is 10.2. The number of aliphatic carboxylic acids is 2. The van der Waals surface area contributed by atoms with Crippen molar-refractivity contribution in [1.29, 1.82) is 0 Å². The van der Waals surface area contributed by atoms with Crippen molar-refractivity contribution in [1.82, 2.24) is 0 Å². The van der Waals surface area contributed by atoms with Crippen LogP contribution in [-0.4, -0.2) is 35.2 Å². The van der Waals surface area contributed by atoms with Gasteiger partial charge < -0.3 is 15.1 Å². The van der Waals surface area contributed by atoms with Gasteiger partial charge in [-0.15, -0.1) is 0 Å². The third kappa shape index (κ3) is 3.71. The summed E-state index contributed by atoms with van der Waals surface area (Å²) in [5, 5.41) is 17.1. The van der Waals surface area contributed by atoms with E-state index in [4.69, 9.17) is 10.2 Å². The van der Waals surface area contributed by atoms with Crippen molar-refractivity contribution in [2.75, 3.05) is 18.0 Å². The molecule has 2 N–H and O–H groups in total. The standard InChI is InChI=1S/C10H9F2NO4/c11-6-1-2-8(7(12)3-6)13(4-9(14)15)5-10(16)17/h1-3H,4-5H2,(H,14,15)(H,16,17). The van der Waals surface area contributed by atoms with E-state index in [1.807, 2.05) is 0 Å². The first-order valence-corrected chi connectivity index (χ1v) is 4.53. The lowest BCUT2D eigenvalue weighted by Crippen LogP contribution is -2.35. The van der Waals surface area contributed by atoms with Crippen LogP contribution in [0.4, 0.5) is 14.5 Å². The molecule has 0 bridgehead atoms. The summed E-state index contributed by atoms with van der Waals surface area (Å²) >= 11 is 0. The summed E-state index contributed by atoms with van der Waals surface area (Å²) in [7, 11) is 0. The van der Waals surface area contributed by atoms with E-state index in [0.29, 0.717) is 6.07 Å². The highest BCUT2D eigenvalue weighted by atomic mass is 19.1. The molecule has 0 aliphatic carbocycles. The minimum Gasteiger partial charge on any atom is -0.480 e. The molecular formula is C10H9F2NO4. The van der Waals surface area contributed by atoms with E-state index in [0.717, 1.165) is 17.0 Å². The first-order chi connectivity index (χ1) is 7.90. The molecule has 0 spiro atoms. The maximum Gasteiger partial charge on any atom is 0.323 e. The average molecular weight is 245 g/mol. The van der Waals surface area contributed by atoms with Crippen LogP contribution >= 0.6 is 0 Å². The van der Waals surface area contributed by atoms with E-state index in [1.165, 1.54) is 0 Å². The van der Waals surface area contributed by atoms with Gasteiger partial charge in [-0.2, -0.15) is 0 Å². The number of benzene rings is 1. The second-order valence-electron chi connectivity index (χ2n) is 3.24. The summed E-state index contributed by atoms with van der Waals surface area (Å²) < 4.78 is 26.0. The molecule has 5 nitrogen and oxygen atoms in total. The zero-order valence-electron chi connectivity index (χ0n) is 8.56. The summed E-state index contributed by atoms with van der Waals surface area (Å²) in [4.78, 5) is 21.8. The normalized spacial score (nSPS) is 10.0. The molecule has 0 heterocycles. The van der Waals surface area contributed by atoms with Crippen LogP contribution in [0.15, 0.2) is 18.2 Å². The molecule has 0 radical (unpaired) electrons. The minimum atomic E-state index is -1.31. The molecule has 0 amide bonds. The van der Waals surface area contributed by atoms with Gasteiger partial charge in [0, 0.05) is 6.07 Å². The number of carboxylic acids is 2. The Bertz CT molecular complexity index is 434. The second-order valence-corrected chi connectivity index (χ2v) is 3.24. The van der Waals surface area contributed by atoms with Crippen molar-refractivity contribution >= 4 is 17.6 Å². The zero-order chi connectivity index (χ0) is 13.0. The van der Waals surface area contributed by atoms with Crippen LogP contribution in [0.2, 0.25) is 0 Å². The van der Waals surface area contributed by atoms with Gasteiger partial charge in [-0.05, 0) is 12.1 Å². The number of halogens is 2. The maximum atomic E-state index is 13.3. The van der Waals surface area contributed by atoms with E-state index in [9.17, 15) is 18.4 Å². The molecule has 0 aliphatic heterocycles. The van der Waals surface area contributed by atoms with Gasteiger partial charge in [0.05, 0.1) is 5.69 Å². The molecule has 0 aliphatic rings. The highest BCUT2D eigenvalue weighted by molar-refractivity contribution is 5.79. The number of hydrogen-bond donors (Lipinski definition) is 2. The number of anilines is 1. The summed E-state index contributed by atoms with van der Waals surface area (Å²) in [5.41, 5.74) is -0.267. The van der Waals surface area contributed by atoms with Gasteiger partial charge in [-0.3, -0.25) is 9.59 Å². The predicted octanol–water partition coefficient (Wildman–Crippen LogP) is 0.940. The van der Waals surface area contributed by atoms with Gasteiger partial charge in [0.1, 0.15) is 24.7 Å². The van der Waals surface area contributed by atoms with Gasteiger partial charge in [0.2, 0.25) is 0 Å². The van der Waals surface area contributed by atoms with Crippen LogP contribution in [0.25, 0.3) is 0 Å². The SMILES string of the molecule is O=C(O)CN(CC(=O)O)c1ccc(F)cc1F. The molecule has 7 heteroatoms. The number of carboxylic acid groups (broad SMARTS) is 2. The Labute approximate surface area is 94.9 Å². The molecular weight excluding hydrogens is 236 g/mol. The first-order valence-electron chi connectivity index (χ1n) is 4.53. The number of rotatable bonds is 5. The van der Waals surface area contributed by atoms with Gasteiger partial charge in [0.25, 0.3) is 0 Å². The molecule has 1 aromatic rings. The Morgan fingerprint density at radius 1 is 1.12 bits per heavy atom. The Balaban J connectivity index is 3.02. The van der Waals surface area contributed by atoms with Crippen LogP contribution in [-0.2, 0) is 9.59 Å². The highest BCUT2D eigenvalue weighted by Gasteiger charge is 2.17. The topological polar surface area (TPSA) is 77.8 Å². The number of nitrogens with zero attached hydrogens (tertiary/aromatic N) is 1. The van der Waals surface area contributed by atoms with E-state index in [1.54, 1.807) is 0 Å². The summed E-state index contributed by atoms with van der Waals surface area (Å²) in [6.07, 6.45) is 0. The van der Waals surface area contributed by atoms with Crippen molar-refractivity contribution in [3.8, 4) is 0 Å². The lowest BCUT2D eigenvalue weighted by Gasteiger charge is -2.20. The molecule has 17 heavy (non-hydrogen) atoms. The third-order valence-electron chi connectivity index (χ3n) is 1.90. The van der Waals surface area contributed by atoms with E-state index < -0.39 is 36.7 Å². The Kier molecular flexibility index (Phi) is 3.97. The van der Waals surface area contributed by atoms with Crippen LogP contribution in [0.5, 0.6) is 0 Å². The molecule has 0 unspecified atom stereocenters. The van der Waals surface area contributed by atoms with Crippen molar-refractivity contribution in [2.45, 2.75) is 0 Å². The van der Waals surface area contributed by atoms with Crippen molar-refractivity contribution in [3.63, 3.8) is 0 Å². The Morgan fingerprint density at radius 2 is 1.65 bits per heavy atom. The lowest BCUT2D eigenvalue weighted by molar-refractivity contribution is -0.136. The summed E-state index contributed by atoms with van der Waals surface area (Å²) in [6.45, 7) is -1.37. The molecule has 0 fully saturated rings. The van der Waals surface area contributed by atoms with E-state index in [-0.39, 0.29) is 5.69 Å². The maximum absolute atomic E-state index is 13.3. The smallest absolute Gasteiger partial charge is 0.323 e. The fourth-order valence-electron chi connectivity index (χ4n) is 1.29. The molecule has 0 aromatic heterocycles.